The Morgan fingerprint density at radius 3 is 2.61 bits per heavy atom. The number of aromatic nitrogens is 2. The van der Waals surface area contributed by atoms with Gasteiger partial charge in [0.25, 0.3) is 5.91 Å². The largest absolute Gasteiger partial charge is 0.497 e. The molecule has 0 saturated heterocycles. The van der Waals surface area contributed by atoms with Gasteiger partial charge >= 0.3 is 0 Å². The molecule has 0 spiro atoms. The summed E-state index contributed by atoms with van der Waals surface area (Å²) in [5.41, 5.74) is 5.80. The molecular formula is C35H35N3O3. The molecule has 3 unspecified atom stereocenters. The van der Waals surface area contributed by atoms with Crippen LogP contribution in [0, 0.1) is 11.8 Å². The second kappa shape index (κ2) is 9.72. The van der Waals surface area contributed by atoms with Crippen molar-refractivity contribution in [2.24, 2.45) is 11.8 Å². The molecule has 1 amide bonds. The Balaban J connectivity index is 1.33. The molecule has 1 aromatic heterocycles. The van der Waals surface area contributed by atoms with Gasteiger partial charge in [-0.2, -0.15) is 0 Å². The predicted molar refractivity (Wildman–Crippen MR) is 163 cm³/mol. The fourth-order valence-electron chi connectivity index (χ4n) is 7.10. The van der Waals surface area contributed by atoms with E-state index in [1.54, 1.807) is 7.11 Å². The van der Waals surface area contributed by atoms with Gasteiger partial charge in [0, 0.05) is 34.4 Å². The molecule has 5 aromatic rings. The molecule has 6 nitrogen and oxygen atoms in total. The van der Waals surface area contributed by atoms with Gasteiger partial charge in [0.2, 0.25) is 0 Å². The molecule has 0 bridgehead atoms. The highest BCUT2D eigenvalue weighted by Crippen LogP contribution is 2.56. The van der Waals surface area contributed by atoms with Gasteiger partial charge in [-0.15, -0.1) is 0 Å². The van der Waals surface area contributed by atoms with Crippen LogP contribution < -0.4 is 14.8 Å². The van der Waals surface area contributed by atoms with E-state index >= 15 is 0 Å². The molecule has 3 atom stereocenters. The lowest BCUT2D eigenvalue weighted by molar-refractivity contribution is -0.0115. The van der Waals surface area contributed by atoms with Gasteiger partial charge in [0.1, 0.15) is 17.1 Å². The summed E-state index contributed by atoms with van der Waals surface area (Å²) in [4.78, 5) is 23.5. The maximum Gasteiger partial charge on any atom is 0.251 e. The average molecular weight is 546 g/mol. The third-order valence-corrected chi connectivity index (χ3v) is 9.18. The van der Waals surface area contributed by atoms with Crippen LogP contribution in [0.2, 0.25) is 0 Å². The molecular weight excluding hydrogens is 510 g/mol. The van der Waals surface area contributed by atoms with E-state index in [0.29, 0.717) is 35.4 Å². The van der Waals surface area contributed by atoms with Crippen molar-refractivity contribution in [2.45, 2.75) is 58.1 Å². The summed E-state index contributed by atoms with van der Waals surface area (Å²) >= 11 is 0. The van der Waals surface area contributed by atoms with Crippen molar-refractivity contribution in [1.29, 1.82) is 0 Å². The molecule has 1 aliphatic heterocycles. The quantitative estimate of drug-likeness (QED) is 0.186. The monoisotopic (exact) mass is 545 g/mol. The first kappa shape index (κ1) is 25.8. The van der Waals surface area contributed by atoms with Gasteiger partial charge in [-0.05, 0) is 74.4 Å². The van der Waals surface area contributed by atoms with Crippen LogP contribution in [0.25, 0.3) is 32.8 Å². The maximum absolute atomic E-state index is 13.1. The Morgan fingerprint density at radius 2 is 1.78 bits per heavy atom. The number of benzene rings is 4. The molecule has 7 rings (SSSR count). The van der Waals surface area contributed by atoms with E-state index in [-0.39, 0.29) is 11.5 Å². The summed E-state index contributed by atoms with van der Waals surface area (Å²) < 4.78 is 12.2. The maximum atomic E-state index is 13.1. The average Bonchev–Trinajstić information content (AvgIpc) is 2.98. The summed E-state index contributed by atoms with van der Waals surface area (Å²) in [6.07, 6.45) is 3.51. The van der Waals surface area contributed by atoms with Gasteiger partial charge in [0.15, 0.2) is 0 Å². The number of carbonyl (C=O) groups is 1. The smallest absolute Gasteiger partial charge is 0.251 e. The van der Waals surface area contributed by atoms with Crippen molar-refractivity contribution in [1.82, 2.24) is 15.3 Å². The van der Waals surface area contributed by atoms with Crippen molar-refractivity contribution < 1.29 is 14.3 Å². The first-order valence-corrected chi connectivity index (χ1v) is 14.6. The Morgan fingerprint density at radius 1 is 0.976 bits per heavy atom. The number of hydrogen-bond donors (Lipinski definition) is 1. The lowest BCUT2D eigenvalue weighted by Crippen LogP contribution is -2.46. The zero-order valence-corrected chi connectivity index (χ0v) is 24.0. The van der Waals surface area contributed by atoms with Crippen LogP contribution in [0.5, 0.6) is 11.5 Å². The molecule has 0 radical (unpaired) electrons. The lowest BCUT2D eigenvalue weighted by Gasteiger charge is -2.49. The second-order valence-corrected chi connectivity index (χ2v) is 12.3. The molecule has 41 heavy (non-hydrogen) atoms. The molecule has 1 N–H and O–H groups in total. The minimum Gasteiger partial charge on any atom is -0.497 e. The summed E-state index contributed by atoms with van der Waals surface area (Å²) in [5.74, 6) is 3.05. The van der Waals surface area contributed by atoms with Gasteiger partial charge in [0.05, 0.1) is 29.2 Å². The number of ether oxygens (including phenoxy) is 2. The number of methoxy groups -OCH3 is 1. The van der Waals surface area contributed by atoms with E-state index in [1.165, 1.54) is 12.0 Å². The topological polar surface area (TPSA) is 73.3 Å². The highest BCUT2D eigenvalue weighted by atomic mass is 16.5. The lowest BCUT2D eigenvalue weighted by atomic mass is 9.64. The predicted octanol–water partition coefficient (Wildman–Crippen LogP) is 7.57. The van der Waals surface area contributed by atoms with Crippen molar-refractivity contribution in [3.8, 4) is 11.5 Å². The Labute approximate surface area is 240 Å². The third kappa shape index (κ3) is 4.37. The standard InChI is InChI=1S/C35H35N3O3/c1-20-12-14-27-26(16-20)30-32-31(24-10-5-6-11-25(24)33(30)41-35(27,2)3)38-29-18-22(13-15-28(29)37-32)34(39)36-19-21-8-7-9-23(17-21)40-4/h5-11,13,15,17-18,20,26-27H,12,14,16,19H2,1-4H3,(H,36,39). The number of amides is 1. The van der Waals surface area contributed by atoms with E-state index < -0.39 is 0 Å². The minimum atomic E-state index is -0.244. The van der Waals surface area contributed by atoms with Crippen LogP contribution in [0.1, 0.15) is 67.4 Å². The normalized spacial score (nSPS) is 21.2. The van der Waals surface area contributed by atoms with Crippen LogP contribution in [-0.2, 0) is 6.54 Å². The molecule has 208 valence electrons. The van der Waals surface area contributed by atoms with Crippen LogP contribution >= 0.6 is 0 Å². The van der Waals surface area contributed by atoms with E-state index in [9.17, 15) is 4.79 Å². The van der Waals surface area contributed by atoms with E-state index in [2.05, 4.69) is 44.3 Å². The number of fused-ring (bicyclic) bond motifs is 9. The molecule has 1 fully saturated rings. The molecule has 1 aliphatic carbocycles. The third-order valence-electron chi connectivity index (χ3n) is 9.18. The van der Waals surface area contributed by atoms with Crippen LogP contribution in [0.3, 0.4) is 0 Å². The molecule has 4 aromatic carbocycles. The van der Waals surface area contributed by atoms with Gasteiger partial charge in [-0.3, -0.25) is 4.79 Å². The Hall–Kier alpha value is -4.19. The number of hydrogen-bond acceptors (Lipinski definition) is 5. The van der Waals surface area contributed by atoms with Crippen LogP contribution in [0.15, 0.2) is 66.7 Å². The summed E-state index contributed by atoms with van der Waals surface area (Å²) in [6, 6.07) is 21.7. The second-order valence-electron chi connectivity index (χ2n) is 12.3. The molecule has 2 heterocycles. The fraction of sp³-hybridized carbons (Fsp3) is 0.343. The molecule has 2 aliphatic rings. The van der Waals surface area contributed by atoms with E-state index in [0.717, 1.165) is 57.2 Å². The highest BCUT2D eigenvalue weighted by Gasteiger charge is 2.47. The number of nitrogens with zero attached hydrogens (tertiary/aromatic N) is 2. The van der Waals surface area contributed by atoms with Crippen LogP contribution in [-0.4, -0.2) is 28.6 Å². The van der Waals surface area contributed by atoms with Crippen molar-refractivity contribution >= 4 is 38.7 Å². The zero-order chi connectivity index (χ0) is 28.3. The van der Waals surface area contributed by atoms with Crippen molar-refractivity contribution in [2.75, 3.05) is 7.11 Å². The summed E-state index contributed by atoms with van der Waals surface area (Å²) in [7, 11) is 1.64. The summed E-state index contributed by atoms with van der Waals surface area (Å²) in [5, 5.41) is 5.14. The SMILES string of the molecule is COc1cccc(CNC(=O)c2ccc3nc4c5c(c6ccccc6c4nc3c2)OC(C)(C)C2CCC(C)CC52)c1. The first-order chi connectivity index (χ1) is 19.8. The Bertz CT molecular complexity index is 1830. The minimum absolute atomic E-state index is 0.151. The fourth-order valence-corrected chi connectivity index (χ4v) is 7.10. The summed E-state index contributed by atoms with van der Waals surface area (Å²) in [6.45, 7) is 7.26. The molecule has 6 heteroatoms. The van der Waals surface area contributed by atoms with E-state index in [1.807, 2.05) is 48.5 Å². The first-order valence-electron chi connectivity index (χ1n) is 14.6. The molecule has 1 saturated carbocycles. The van der Waals surface area contributed by atoms with Gasteiger partial charge in [-0.25, -0.2) is 9.97 Å². The highest BCUT2D eigenvalue weighted by molar-refractivity contribution is 6.11. The van der Waals surface area contributed by atoms with Gasteiger partial charge < -0.3 is 14.8 Å². The number of rotatable bonds is 4. The van der Waals surface area contributed by atoms with E-state index in [4.69, 9.17) is 19.4 Å². The van der Waals surface area contributed by atoms with Gasteiger partial charge in [-0.1, -0.05) is 49.7 Å². The zero-order valence-electron chi connectivity index (χ0n) is 24.0. The number of carbonyl (C=O) groups excluding carboxylic acids is 1. The van der Waals surface area contributed by atoms with Crippen molar-refractivity contribution in [3.05, 3.63) is 83.4 Å². The number of nitrogens with one attached hydrogen (secondary N) is 1. The van der Waals surface area contributed by atoms with Crippen LogP contribution in [0.4, 0.5) is 0 Å². The van der Waals surface area contributed by atoms with Crippen molar-refractivity contribution in [3.63, 3.8) is 0 Å². The Kier molecular flexibility index (Phi) is 6.11.